The second kappa shape index (κ2) is 5.21. The van der Waals surface area contributed by atoms with E-state index in [1.165, 1.54) is 37.4 Å². The highest BCUT2D eigenvalue weighted by molar-refractivity contribution is 5.70. The Balaban J connectivity index is 2.33. The van der Waals surface area contributed by atoms with Crippen LogP contribution in [0.4, 0.5) is 5.69 Å². The average Bonchev–Trinajstić information content (AvgIpc) is 2.86. The van der Waals surface area contributed by atoms with Crippen molar-refractivity contribution in [3.05, 3.63) is 46.2 Å². The van der Waals surface area contributed by atoms with Gasteiger partial charge in [-0.1, -0.05) is 0 Å². The molecule has 0 aliphatic rings. The second-order valence-electron chi connectivity index (χ2n) is 3.47. The van der Waals surface area contributed by atoms with Gasteiger partial charge in [-0.15, -0.1) is 0 Å². The molecule has 1 heterocycles. The van der Waals surface area contributed by atoms with Crippen LogP contribution in [0.3, 0.4) is 0 Å². The number of nitro benzene ring substituents is 1. The van der Waals surface area contributed by atoms with Crippen molar-refractivity contribution >= 4 is 12.0 Å². The molecule has 19 heavy (non-hydrogen) atoms. The van der Waals surface area contributed by atoms with E-state index in [1.807, 2.05) is 0 Å². The number of hydrogen-bond acceptors (Lipinski definition) is 6. The third-order valence-electron chi connectivity index (χ3n) is 2.29. The van der Waals surface area contributed by atoms with E-state index in [2.05, 4.69) is 0 Å². The lowest BCUT2D eigenvalue weighted by molar-refractivity contribution is -0.384. The van der Waals surface area contributed by atoms with Gasteiger partial charge in [0.1, 0.15) is 0 Å². The third kappa shape index (κ3) is 2.71. The molecule has 7 nitrogen and oxygen atoms in total. The number of aldehydes is 1. The molecule has 0 amide bonds. The first-order chi connectivity index (χ1) is 9.13. The van der Waals surface area contributed by atoms with E-state index in [0.717, 1.165) is 0 Å². The molecule has 0 aliphatic carbocycles. The molecule has 0 radical (unpaired) electrons. The van der Waals surface area contributed by atoms with Crippen molar-refractivity contribution in [2.24, 2.45) is 0 Å². The van der Waals surface area contributed by atoms with Crippen LogP contribution in [-0.2, 0) is 0 Å². The fourth-order valence-corrected chi connectivity index (χ4v) is 1.42. The normalized spacial score (nSPS) is 9.95. The van der Waals surface area contributed by atoms with Crippen molar-refractivity contribution in [3.8, 4) is 17.4 Å². The topological polar surface area (TPSA) is 91.8 Å². The van der Waals surface area contributed by atoms with Gasteiger partial charge in [0, 0.05) is 12.1 Å². The fraction of sp³-hybridized carbons (Fsp3) is 0.0833. The molecule has 0 aliphatic heterocycles. The number of carbonyl (C=O) groups is 1. The zero-order valence-corrected chi connectivity index (χ0v) is 9.86. The highest BCUT2D eigenvalue weighted by Gasteiger charge is 2.14. The van der Waals surface area contributed by atoms with Crippen LogP contribution in [0, 0.1) is 10.1 Å². The maximum atomic E-state index is 10.7. The number of carbonyl (C=O) groups excluding carboxylic acids is 1. The molecule has 7 heteroatoms. The summed E-state index contributed by atoms with van der Waals surface area (Å²) in [5, 5.41) is 10.7. The molecule has 0 atom stereocenters. The second-order valence-corrected chi connectivity index (χ2v) is 3.47. The Morgan fingerprint density at radius 3 is 2.63 bits per heavy atom. The molecule has 0 spiro atoms. The molecular weight excluding hydrogens is 254 g/mol. The molecule has 0 saturated carbocycles. The van der Waals surface area contributed by atoms with Gasteiger partial charge in [0.05, 0.1) is 18.1 Å². The van der Waals surface area contributed by atoms with Crippen LogP contribution in [0.5, 0.6) is 17.4 Å². The molecule has 0 fully saturated rings. The maximum absolute atomic E-state index is 10.7. The molecule has 0 saturated heterocycles. The Morgan fingerprint density at radius 1 is 1.26 bits per heavy atom. The number of nitrogens with zero attached hydrogens (tertiary/aromatic N) is 1. The molecule has 98 valence electrons. The number of nitro groups is 1. The van der Waals surface area contributed by atoms with Crippen molar-refractivity contribution in [2.45, 2.75) is 0 Å². The van der Waals surface area contributed by atoms with Crippen molar-refractivity contribution < 1.29 is 23.6 Å². The van der Waals surface area contributed by atoms with E-state index in [0.29, 0.717) is 12.0 Å². The van der Waals surface area contributed by atoms with Crippen LogP contribution >= 0.6 is 0 Å². The zero-order chi connectivity index (χ0) is 13.8. The lowest BCUT2D eigenvalue weighted by atomic mass is 10.3. The number of benzene rings is 1. The minimum atomic E-state index is -0.550. The number of furan rings is 1. The van der Waals surface area contributed by atoms with Crippen molar-refractivity contribution in [1.29, 1.82) is 0 Å². The van der Waals surface area contributed by atoms with Crippen LogP contribution in [0.25, 0.3) is 0 Å². The maximum Gasteiger partial charge on any atom is 0.290 e. The summed E-state index contributed by atoms with van der Waals surface area (Å²) in [6, 6.07) is 6.78. The summed E-state index contributed by atoms with van der Waals surface area (Å²) < 4.78 is 15.4. The predicted octanol–water partition coefficient (Wildman–Crippen LogP) is 2.80. The van der Waals surface area contributed by atoms with E-state index in [1.54, 1.807) is 0 Å². The van der Waals surface area contributed by atoms with Gasteiger partial charge in [-0.2, -0.15) is 0 Å². The Hall–Kier alpha value is -2.83. The largest absolute Gasteiger partial charge is 0.493 e. The summed E-state index contributed by atoms with van der Waals surface area (Å²) in [4.78, 5) is 20.6. The molecule has 2 rings (SSSR count). The van der Waals surface area contributed by atoms with Crippen LogP contribution in [0.15, 0.2) is 34.7 Å². The smallest absolute Gasteiger partial charge is 0.290 e. The van der Waals surface area contributed by atoms with Gasteiger partial charge in [0.2, 0.25) is 0 Å². The van der Waals surface area contributed by atoms with Crippen molar-refractivity contribution in [3.63, 3.8) is 0 Å². The van der Waals surface area contributed by atoms with E-state index in [9.17, 15) is 14.9 Å². The van der Waals surface area contributed by atoms with Gasteiger partial charge in [-0.05, 0) is 12.1 Å². The summed E-state index contributed by atoms with van der Waals surface area (Å²) in [6.07, 6.45) is 0.525. The number of hydrogen-bond donors (Lipinski definition) is 0. The van der Waals surface area contributed by atoms with E-state index in [-0.39, 0.29) is 23.1 Å². The zero-order valence-electron chi connectivity index (χ0n) is 9.86. The number of ether oxygens (including phenoxy) is 2. The number of methoxy groups -OCH3 is 1. The molecule has 0 unspecified atom stereocenters. The lowest BCUT2D eigenvalue weighted by Crippen LogP contribution is -1.93. The van der Waals surface area contributed by atoms with Gasteiger partial charge < -0.3 is 13.9 Å². The van der Waals surface area contributed by atoms with Crippen LogP contribution < -0.4 is 9.47 Å². The molecular formula is C12H9NO6. The summed E-state index contributed by atoms with van der Waals surface area (Å²) >= 11 is 0. The molecule has 2 aromatic rings. The Labute approximate surface area is 107 Å². The standard InChI is InChI=1S/C12H9NO6/c1-17-10-4-2-8(13(15)16)6-11(10)19-12-5-3-9(7-14)18-12/h2-7H,1H3. The molecule has 1 aromatic carbocycles. The first-order valence-corrected chi connectivity index (χ1v) is 5.19. The average molecular weight is 263 g/mol. The molecule has 0 N–H and O–H groups in total. The van der Waals surface area contributed by atoms with Crippen LogP contribution in [0.1, 0.15) is 10.6 Å². The summed E-state index contributed by atoms with van der Waals surface area (Å²) in [5.41, 5.74) is -0.141. The number of non-ortho nitro benzene ring substituents is 1. The first-order valence-electron chi connectivity index (χ1n) is 5.19. The van der Waals surface area contributed by atoms with Crippen LogP contribution in [0.2, 0.25) is 0 Å². The molecule has 0 bridgehead atoms. The van der Waals surface area contributed by atoms with Gasteiger partial charge in [-0.3, -0.25) is 14.9 Å². The highest BCUT2D eigenvalue weighted by Crippen LogP contribution is 2.35. The third-order valence-corrected chi connectivity index (χ3v) is 2.29. The van der Waals surface area contributed by atoms with E-state index < -0.39 is 4.92 Å². The summed E-state index contributed by atoms with van der Waals surface area (Å²) in [5.74, 6) is 0.582. The fourth-order valence-electron chi connectivity index (χ4n) is 1.42. The predicted molar refractivity (Wildman–Crippen MR) is 63.8 cm³/mol. The highest BCUT2D eigenvalue weighted by atomic mass is 16.6. The van der Waals surface area contributed by atoms with Crippen molar-refractivity contribution in [2.75, 3.05) is 7.11 Å². The Bertz CT molecular complexity index is 618. The first kappa shape index (κ1) is 12.6. The van der Waals surface area contributed by atoms with Gasteiger partial charge >= 0.3 is 0 Å². The van der Waals surface area contributed by atoms with E-state index >= 15 is 0 Å². The number of rotatable bonds is 5. The molecule has 1 aromatic heterocycles. The quantitative estimate of drug-likeness (QED) is 0.468. The van der Waals surface area contributed by atoms with E-state index in [4.69, 9.17) is 13.9 Å². The van der Waals surface area contributed by atoms with Crippen molar-refractivity contribution in [1.82, 2.24) is 0 Å². The van der Waals surface area contributed by atoms with Gasteiger partial charge in [0.15, 0.2) is 23.5 Å². The van der Waals surface area contributed by atoms with Crippen LogP contribution in [-0.4, -0.2) is 18.3 Å². The minimum Gasteiger partial charge on any atom is -0.493 e. The Morgan fingerprint density at radius 2 is 2.05 bits per heavy atom. The monoisotopic (exact) mass is 263 g/mol. The van der Waals surface area contributed by atoms with Gasteiger partial charge in [-0.25, -0.2) is 0 Å². The van der Waals surface area contributed by atoms with Gasteiger partial charge in [0.25, 0.3) is 11.6 Å². The summed E-state index contributed by atoms with van der Waals surface area (Å²) in [7, 11) is 1.41. The summed E-state index contributed by atoms with van der Waals surface area (Å²) in [6.45, 7) is 0. The lowest BCUT2D eigenvalue weighted by Gasteiger charge is -2.07. The minimum absolute atomic E-state index is 0.0425. The Kier molecular flexibility index (Phi) is 3.46. The SMILES string of the molecule is COc1ccc([N+](=O)[O-])cc1Oc1ccc(C=O)o1.